The maximum Gasteiger partial charge on any atom is 0.411 e. The molecule has 1 N–H and O–H groups in total. The highest BCUT2D eigenvalue weighted by Gasteiger charge is 2.24. The van der Waals surface area contributed by atoms with Gasteiger partial charge in [-0.3, -0.25) is 10.1 Å². The third-order valence-corrected chi connectivity index (χ3v) is 2.98. The Morgan fingerprint density at radius 2 is 2.16 bits per heavy atom. The first-order valence-corrected chi connectivity index (χ1v) is 5.93. The minimum Gasteiger partial charge on any atom is -0.453 e. The van der Waals surface area contributed by atoms with Crippen molar-refractivity contribution in [3.8, 4) is 0 Å². The predicted molar refractivity (Wildman–Crippen MR) is 70.4 cm³/mol. The van der Waals surface area contributed by atoms with Crippen molar-refractivity contribution in [2.45, 2.75) is 6.42 Å². The summed E-state index contributed by atoms with van der Waals surface area (Å²) in [5.74, 6) is -0.0866. The van der Waals surface area contributed by atoms with E-state index >= 15 is 0 Å². The Morgan fingerprint density at radius 1 is 1.37 bits per heavy atom. The fourth-order valence-corrected chi connectivity index (χ4v) is 2.09. The van der Waals surface area contributed by atoms with Gasteiger partial charge in [0.2, 0.25) is 0 Å². The van der Waals surface area contributed by atoms with E-state index < -0.39 is 6.09 Å². The topological polar surface area (TPSA) is 67.9 Å². The molecule has 0 fully saturated rings. The first-order chi connectivity index (χ1) is 9.15. The molecule has 1 aromatic rings. The monoisotopic (exact) mass is 264 g/mol. The molecule has 19 heavy (non-hydrogen) atoms. The molecule has 0 bridgehead atoms. The van der Waals surface area contributed by atoms with Gasteiger partial charge in [0.15, 0.2) is 0 Å². The summed E-state index contributed by atoms with van der Waals surface area (Å²) in [6.45, 7) is 0.688. The summed E-state index contributed by atoms with van der Waals surface area (Å²) < 4.78 is 9.40. The number of carbonyl (C=O) groups is 2. The molecule has 0 atom stereocenters. The summed E-state index contributed by atoms with van der Waals surface area (Å²) in [5, 5.41) is 2.58. The average Bonchev–Trinajstić information content (AvgIpc) is 2.82. The van der Waals surface area contributed by atoms with Crippen molar-refractivity contribution < 1.29 is 19.1 Å². The first kappa shape index (κ1) is 13.4. The van der Waals surface area contributed by atoms with Crippen LogP contribution in [0.15, 0.2) is 18.2 Å². The van der Waals surface area contributed by atoms with Gasteiger partial charge in [-0.25, -0.2) is 4.79 Å². The zero-order valence-electron chi connectivity index (χ0n) is 10.9. The average molecular weight is 264 g/mol. The van der Waals surface area contributed by atoms with E-state index in [4.69, 9.17) is 4.74 Å². The van der Waals surface area contributed by atoms with E-state index in [1.165, 1.54) is 14.2 Å². The third-order valence-electron chi connectivity index (χ3n) is 2.98. The summed E-state index contributed by atoms with van der Waals surface area (Å²) in [7, 11) is 2.79. The number of methoxy groups -OCH3 is 2. The zero-order chi connectivity index (χ0) is 13.8. The van der Waals surface area contributed by atoms with Crippen LogP contribution >= 0.6 is 0 Å². The van der Waals surface area contributed by atoms with Crippen molar-refractivity contribution in [3.05, 3.63) is 23.8 Å². The van der Waals surface area contributed by atoms with Gasteiger partial charge in [0, 0.05) is 25.0 Å². The van der Waals surface area contributed by atoms with E-state index in [0.29, 0.717) is 12.2 Å². The van der Waals surface area contributed by atoms with Crippen LogP contribution in [-0.4, -0.2) is 39.4 Å². The van der Waals surface area contributed by atoms with Gasteiger partial charge in [-0.1, -0.05) is 6.07 Å². The predicted octanol–water partition coefficient (Wildman–Crippen LogP) is 1.40. The van der Waals surface area contributed by atoms with E-state index in [9.17, 15) is 9.59 Å². The van der Waals surface area contributed by atoms with Crippen LogP contribution < -0.4 is 10.2 Å². The molecule has 0 aliphatic carbocycles. The largest absolute Gasteiger partial charge is 0.453 e. The van der Waals surface area contributed by atoms with E-state index in [0.717, 1.165) is 17.7 Å². The van der Waals surface area contributed by atoms with Gasteiger partial charge in [-0.05, 0) is 24.1 Å². The molecule has 1 aliphatic rings. The molecule has 0 spiro atoms. The molecular formula is C13H16N2O4. The molecule has 0 aromatic heterocycles. The summed E-state index contributed by atoms with van der Waals surface area (Å²) in [6, 6.07) is 5.47. The normalized spacial score (nSPS) is 13.1. The summed E-state index contributed by atoms with van der Waals surface area (Å²) >= 11 is 0. The number of nitrogens with zero attached hydrogens (tertiary/aromatic N) is 1. The molecule has 102 valence electrons. The second kappa shape index (κ2) is 5.71. The lowest BCUT2D eigenvalue weighted by Crippen LogP contribution is -2.32. The molecule has 6 heteroatoms. The highest BCUT2D eigenvalue weighted by Crippen LogP contribution is 2.30. The van der Waals surface area contributed by atoms with Crippen LogP contribution in [-0.2, 0) is 20.7 Å². The molecule has 1 aromatic carbocycles. The van der Waals surface area contributed by atoms with Crippen molar-refractivity contribution in [2.24, 2.45) is 0 Å². The molecular weight excluding hydrogens is 248 g/mol. The van der Waals surface area contributed by atoms with Crippen molar-refractivity contribution in [2.75, 3.05) is 37.6 Å². The maximum absolute atomic E-state index is 11.9. The van der Waals surface area contributed by atoms with Crippen LogP contribution in [0.4, 0.5) is 16.2 Å². The van der Waals surface area contributed by atoms with Crippen molar-refractivity contribution in [1.29, 1.82) is 0 Å². The molecule has 0 saturated heterocycles. The summed E-state index contributed by atoms with van der Waals surface area (Å²) in [5.41, 5.74) is 2.50. The Labute approximate surface area is 111 Å². The van der Waals surface area contributed by atoms with Gasteiger partial charge < -0.3 is 14.4 Å². The standard InChI is InChI=1S/C13H16N2O4/c1-18-8-12(16)15-6-5-9-3-4-10(7-11(9)15)14-13(17)19-2/h3-4,7H,5-6,8H2,1-2H3,(H,14,17). The number of nitrogens with one attached hydrogen (secondary N) is 1. The lowest BCUT2D eigenvalue weighted by molar-refractivity contribution is -0.122. The number of carbonyl (C=O) groups excluding carboxylic acids is 2. The minimum atomic E-state index is -0.535. The number of fused-ring (bicyclic) bond motifs is 1. The van der Waals surface area contributed by atoms with Gasteiger partial charge in [-0.15, -0.1) is 0 Å². The van der Waals surface area contributed by atoms with E-state index in [-0.39, 0.29) is 12.5 Å². The molecule has 0 saturated carbocycles. The number of hydrogen-bond donors (Lipinski definition) is 1. The van der Waals surface area contributed by atoms with Crippen LogP contribution in [0.5, 0.6) is 0 Å². The maximum atomic E-state index is 11.9. The van der Waals surface area contributed by atoms with Crippen LogP contribution in [0.2, 0.25) is 0 Å². The van der Waals surface area contributed by atoms with E-state index in [1.807, 2.05) is 6.07 Å². The number of ether oxygens (including phenoxy) is 2. The van der Waals surface area contributed by atoms with E-state index in [2.05, 4.69) is 10.1 Å². The number of hydrogen-bond acceptors (Lipinski definition) is 4. The number of rotatable bonds is 3. The van der Waals surface area contributed by atoms with Crippen LogP contribution in [0, 0.1) is 0 Å². The van der Waals surface area contributed by atoms with E-state index in [1.54, 1.807) is 17.0 Å². The first-order valence-electron chi connectivity index (χ1n) is 5.93. The van der Waals surface area contributed by atoms with Crippen LogP contribution in [0.1, 0.15) is 5.56 Å². The second-order valence-corrected chi connectivity index (χ2v) is 4.19. The highest BCUT2D eigenvalue weighted by atomic mass is 16.5. The number of anilines is 2. The molecule has 2 amide bonds. The van der Waals surface area contributed by atoms with Gasteiger partial charge in [0.05, 0.1) is 7.11 Å². The van der Waals surface area contributed by atoms with Crippen molar-refractivity contribution >= 4 is 23.4 Å². The van der Waals surface area contributed by atoms with Crippen molar-refractivity contribution in [3.63, 3.8) is 0 Å². The second-order valence-electron chi connectivity index (χ2n) is 4.19. The smallest absolute Gasteiger partial charge is 0.411 e. The quantitative estimate of drug-likeness (QED) is 0.896. The SMILES string of the molecule is COCC(=O)N1CCc2ccc(NC(=O)OC)cc21. The Balaban J connectivity index is 2.20. The molecule has 0 unspecified atom stereocenters. The molecule has 1 heterocycles. The fraction of sp³-hybridized carbons (Fsp3) is 0.385. The minimum absolute atomic E-state index is 0.0497. The van der Waals surface area contributed by atoms with Crippen LogP contribution in [0.3, 0.4) is 0 Å². The molecule has 6 nitrogen and oxygen atoms in total. The van der Waals surface area contributed by atoms with Gasteiger partial charge >= 0.3 is 6.09 Å². The Bertz CT molecular complexity index is 501. The van der Waals surface area contributed by atoms with Gasteiger partial charge in [0.25, 0.3) is 5.91 Å². The molecule has 1 aliphatic heterocycles. The third kappa shape index (κ3) is 2.85. The zero-order valence-corrected chi connectivity index (χ0v) is 10.9. The number of benzene rings is 1. The molecule has 0 radical (unpaired) electrons. The molecule has 2 rings (SSSR count). The Hall–Kier alpha value is -2.08. The Kier molecular flexibility index (Phi) is 4.01. The summed E-state index contributed by atoms with van der Waals surface area (Å²) in [4.78, 5) is 24.7. The fourth-order valence-electron chi connectivity index (χ4n) is 2.09. The highest BCUT2D eigenvalue weighted by molar-refractivity contribution is 5.97. The Morgan fingerprint density at radius 3 is 2.84 bits per heavy atom. The number of amides is 2. The lowest BCUT2D eigenvalue weighted by atomic mass is 10.1. The van der Waals surface area contributed by atoms with Gasteiger partial charge in [-0.2, -0.15) is 0 Å². The summed E-state index contributed by atoms with van der Waals surface area (Å²) in [6.07, 6.45) is 0.274. The van der Waals surface area contributed by atoms with Crippen molar-refractivity contribution in [1.82, 2.24) is 0 Å². The van der Waals surface area contributed by atoms with Crippen LogP contribution in [0.25, 0.3) is 0 Å². The lowest BCUT2D eigenvalue weighted by Gasteiger charge is -2.17. The van der Waals surface area contributed by atoms with Gasteiger partial charge in [0.1, 0.15) is 6.61 Å².